The molecule has 1 N–H and O–H groups in total. The van der Waals surface area contributed by atoms with Crippen LogP contribution in [0.2, 0.25) is 5.15 Å². The fraction of sp³-hybridized carbons (Fsp3) is 0.667. The summed E-state index contributed by atoms with van der Waals surface area (Å²) in [7, 11) is 0. The van der Waals surface area contributed by atoms with Crippen LogP contribution in [0.15, 0.2) is 0 Å². The highest BCUT2D eigenvalue weighted by molar-refractivity contribution is 7.18. The van der Waals surface area contributed by atoms with Crippen molar-refractivity contribution in [3.05, 3.63) is 10.0 Å². The standard InChI is InChI=1S/C12H18ClN3O2S/c1-12(2,3)16-6-4-15(5-7-16)11-14-9(13)8(19-11)10(17)18/h4-7H2,1-3H3,(H,17,18). The summed E-state index contributed by atoms with van der Waals surface area (Å²) in [6.45, 7) is 10.2. The molecule has 1 aromatic rings. The molecule has 0 aromatic carbocycles. The average Bonchev–Trinajstić information content (AvgIpc) is 2.70. The van der Waals surface area contributed by atoms with Crippen molar-refractivity contribution in [2.75, 3.05) is 31.1 Å². The van der Waals surface area contributed by atoms with E-state index in [1.54, 1.807) is 0 Å². The molecule has 19 heavy (non-hydrogen) atoms. The minimum atomic E-state index is -1.01. The van der Waals surface area contributed by atoms with Crippen molar-refractivity contribution in [3.8, 4) is 0 Å². The zero-order valence-corrected chi connectivity index (χ0v) is 12.9. The van der Waals surface area contributed by atoms with Crippen molar-refractivity contribution in [1.82, 2.24) is 9.88 Å². The second-order valence-electron chi connectivity index (χ2n) is 5.57. The maximum absolute atomic E-state index is 11.0. The van der Waals surface area contributed by atoms with Crippen molar-refractivity contribution in [3.63, 3.8) is 0 Å². The van der Waals surface area contributed by atoms with E-state index in [4.69, 9.17) is 16.7 Å². The second kappa shape index (κ2) is 5.26. The number of piperazine rings is 1. The first-order valence-corrected chi connectivity index (χ1v) is 7.38. The van der Waals surface area contributed by atoms with Gasteiger partial charge in [0.1, 0.15) is 0 Å². The minimum Gasteiger partial charge on any atom is -0.477 e. The molecule has 0 spiro atoms. The Bertz CT molecular complexity index is 476. The summed E-state index contributed by atoms with van der Waals surface area (Å²) in [6.07, 6.45) is 0. The van der Waals surface area contributed by atoms with Gasteiger partial charge in [0.25, 0.3) is 0 Å². The number of nitrogens with zero attached hydrogens (tertiary/aromatic N) is 3. The van der Waals surface area contributed by atoms with Gasteiger partial charge in [-0.2, -0.15) is 0 Å². The van der Waals surface area contributed by atoms with Gasteiger partial charge in [0.2, 0.25) is 0 Å². The summed E-state index contributed by atoms with van der Waals surface area (Å²) in [6, 6.07) is 0. The first-order valence-electron chi connectivity index (χ1n) is 6.18. The Labute approximate surface area is 121 Å². The predicted octanol–water partition coefficient (Wildman–Crippen LogP) is 2.42. The summed E-state index contributed by atoms with van der Waals surface area (Å²) < 4.78 is 0. The number of rotatable bonds is 2. The van der Waals surface area contributed by atoms with E-state index >= 15 is 0 Å². The van der Waals surface area contributed by atoms with E-state index in [1.807, 2.05) is 0 Å². The first kappa shape index (κ1) is 14.6. The second-order valence-corrected chi connectivity index (χ2v) is 6.90. The molecule has 1 aliphatic rings. The number of hydrogen-bond donors (Lipinski definition) is 1. The number of aromatic carboxylic acids is 1. The van der Waals surface area contributed by atoms with E-state index in [9.17, 15) is 4.79 Å². The van der Waals surface area contributed by atoms with E-state index in [0.29, 0.717) is 5.13 Å². The number of halogens is 1. The van der Waals surface area contributed by atoms with Gasteiger partial charge in [0, 0.05) is 31.7 Å². The van der Waals surface area contributed by atoms with Crippen LogP contribution in [0.1, 0.15) is 30.4 Å². The molecule has 7 heteroatoms. The topological polar surface area (TPSA) is 56.7 Å². The molecule has 5 nitrogen and oxygen atoms in total. The van der Waals surface area contributed by atoms with Crippen LogP contribution in [0.4, 0.5) is 5.13 Å². The van der Waals surface area contributed by atoms with E-state index in [2.05, 4.69) is 35.6 Å². The molecule has 106 valence electrons. The van der Waals surface area contributed by atoms with Gasteiger partial charge >= 0.3 is 5.97 Å². The average molecular weight is 304 g/mol. The van der Waals surface area contributed by atoms with Crippen molar-refractivity contribution in [2.45, 2.75) is 26.3 Å². The molecule has 0 bridgehead atoms. The molecule has 0 aliphatic carbocycles. The van der Waals surface area contributed by atoms with E-state index in [0.717, 1.165) is 37.5 Å². The molecule has 1 aromatic heterocycles. The van der Waals surface area contributed by atoms with Crippen LogP contribution in [0.25, 0.3) is 0 Å². The van der Waals surface area contributed by atoms with Gasteiger partial charge in [-0.3, -0.25) is 4.90 Å². The first-order chi connectivity index (χ1) is 8.79. The number of anilines is 1. The SMILES string of the molecule is CC(C)(C)N1CCN(c2nc(Cl)c(C(=O)O)s2)CC1. The third-order valence-corrected chi connectivity index (χ3v) is 4.76. The summed E-state index contributed by atoms with van der Waals surface area (Å²) in [5.74, 6) is -1.01. The van der Waals surface area contributed by atoms with Crippen LogP contribution in [0, 0.1) is 0 Å². The number of carboxylic acids is 1. The Hall–Kier alpha value is -0.850. The van der Waals surface area contributed by atoms with Crippen LogP contribution in [-0.2, 0) is 0 Å². The maximum Gasteiger partial charge on any atom is 0.349 e. The third-order valence-electron chi connectivity index (χ3n) is 3.27. The molecule has 0 unspecified atom stereocenters. The highest BCUT2D eigenvalue weighted by atomic mass is 35.5. The molecule has 0 radical (unpaired) electrons. The quantitative estimate of drug-likeness (QED) is 0.909. The monoisotopic (exact) mass is 303 g/mol. The number of hydrogen-bond acceptors (Lipinski definition) is 5. The minimum absolute atomic E-state index is 0.0887. The molecule has 1 saturated heterocycles. The van der Waals surface area contributed by atoms with Crippen molar-refractivity contribution in [2.24, 2.45) is 0 Å². The van der Waals surface area contributed by atoms with E-state index in [-0.39, 0.29) is 15.6 Å². The number of thiazole rings is 1. The van der Waals surface area contributed by atoms with Crippen LogP contribution in [0.3, 0.4) is 0 Å². The lowest BCUT2D eigenvalue weighted by Crippen LogP contribution is -2.53. The molecular weight excluding hydrogens is 286 g/mol. The van der Waals surface area contributed by atoms with E-state index < -0.39 is 5.97 Å². The Morgan fingerprint density at radius 1 is 1.32 bits per heavy atom. The van der Waals surface area contributed by atoms with Crippen LogP contribution < -0.4 is 4.90 Å². The molecule has 2 rings (SSSR count). The van der Waals surface area contributed by atoms with Crippen molar-refractivity contribution >= 4 is 34.0 Å². The van der Waals surface area contributed by atoms with Gasteiger partial charge in [-0.05, 0) is 20.8 Å². The smallest absolute Gasteiger partial charge is 0.349 e. The van der Waals surface area contributed by atoms with E-state index in [1.165, 1.54) is 0 Å². The summed E-state index contributed by atoms with van der Waals surface area (Å²) in [4.78, 5) is 19.8. The molecule has 0 saturated carbocycles. The number of carboxylic acid groups (broad SMARTS) is 1. The zero-order chi connectivity index (χ0) is 14.2. The van der Waals surface area contributed by atoms with Gasteiger partial charge in [-0.1, -0.05) is 22.9 Å². The number of aromatic nitrogens is 1. The lowest BCUT2D eigenvalue weighted by Gasteiger charge is -2.42. The molecular formula is C12H18ClN3O2S. The Morgan fingerprint density at radius 2 is 1.89 bits per heavy atom. The lowest BCUT2D eigenvalue weighted by molar-refractivity contribution is 0.0702. The molecule has 1 aliphatic heterocycles. The zero-order valence-electron chi connectivity index (χ0n) is 11.3. The fourth-order valence-electron chi connectivity index (χ4n) is 2.13. The molecule has 2 heterocycles. The van der Waals surface area contributed by atoms with Gasteiger partial charge < -0.3 is 10.0 Å². The van der Waals surface area contributed by atoms with Crippen LogP contribution in [-0.4, -0.2) is 52.7 Å². The summed E-state index contributed by atoms with van der Waals surface area (Å²) in [5.41, 5.74) is 0.166. The predicted molar refractivity (Wildman–Crippen MR) is 77.6 cm³/mol. The van der Waals surface area contributed by atoms with Gasteiger partial charge in [0.15, 0.2) is 15.2 Å². The maximum atomic E-state index is 11.0. The van der Waals surface area contributed by atoms with Crippen LogP contribution >= 0.6 is 22.9 Å². The third kappa shape index (κ3) is 3.19. The normalized spacial score (nSPS) is 17.8. The van der Waals surface area contributed by atoms with Crippen molar-refractivity contribution < 1.29 is 9.90 Å². The highest BCUT2D eigenvalue weighted by Crippen LogP contribution is 2.30. The number of carbonyl (C=O) groups is 1. The van der Waals surface area contributed by atoms with Gasteiger partial charge in [-0.25, -0.2) is 9.78 Å². The van der Waals surface area contributed by atoms with Crippen molar-refractivity contribution in [1.29, 1.82) is 0 Å². The summed E-state index contributed by atoms with van der Waals surface area (Å²) in [5, 5.41) is 9.78. The largest absolute Gasteiger partial charge is 0.477 e. The fourth-order valence-corrected chi connectivity index (χ4v) is 3.30. The molecule has 1 fully saturated rings. The Balaban J connectivity index is 2.06. The molecule has 0 atom stereocenters. The highest BCUT2D eigenvalue weighted by Gasteiger charge is 2.28. The van der Waals surface area contributed by atoms with Gasteiger partial charge in [-0.15, -0.1) is 0 Å². The molecule has 0 amide bonds. The summed E-state index contributed by atoms with van der Waals surface area (Å²) >= 11 is 6.99. The van der Waals surface area contributed by atoms with Gasteiger partial charge in [0.05, 0.1) is 0 Å². The Kier molecular flexibility index (Phi) is 4.03. The van der Waals surface area contributed by atoms with Crippen LogP contribution in [0.5, 0.6) is 0 Å². The lowest BCUT2D eigenvalue weighted by atomic mass is 10.1. The Morgan fingerprint density at radius 3 is 2.32 bits per heavy atom.